The van der Waals surface area contributed by atoms with Crippen molar-refractivity contribution >= 4 is 21.8 Å². The molecule has 0 aliphatic rings. The lowest BCUT2D eigenvalue weighted by atomic mass is 10.2. The number of nitrogens with one attached hydrogen (secondary N) is 1. The Morgan fingerprint density at radius 2 is 2.08 bits per heavy atom. The van der Waals surface area contributed by atoms with Gasteiger partial charge in [0.05, 0.1) is 0 Å². The Morgan fingerprint density at radius 1 is 1.29 bits per heavy atom. The molecule has 3 aromatic rings. The van der Waals surface area contributed by atoms with E-state index in [2.05, 4.69) is 31.4 Å². The fraction of sp³-hybridized carbons (Fsp3) is 0.235. The highest BCUT2D eigenvalue weighted by Crippen LogP contribution is 2.23. The van der Waals surface area contributed by atoms with E-state index in [0.29, 0.717) is 18.3 Å². The fourth-order valence-electron chi connectivity index (χ4n) is 2.26. The Morgan fingerprint density at radius 3 is 2.83 bits per heavy atom. The third-order valence-corrected chi connectivity index (χ3v) is 3.99. The van der Waals surface area contributed by atoms with E-state index in [4.69, 9.17) is 4.52 Å². The Bertz CT molecular complexity index is 823. The SMILES string of the molecule is CCCNC(=O)Cn1cccc1-c1nc(-c2ccc(Br)cc2)no1. The molecule has 0 spiro atoms. The molecule has 0 radical (unpaired) electrons. The molecule has 1 aromatic carbocycles. The monoisotopic (exact) mass is 388 g/mol. The van der Waals surface area contributed by atoms with E-state index in [0.717, 1.165) is 22.2 Å². The summed E-state index contributed by atoms with van der Waals surface area (Å²) >= 11 is 3.40. The molecule has 0 bridgehead atoms. The largest absolute Gasteiger partial charge is 0.355 e. The molecule has 0 saturated heterocycles. The molecule has 3 rings (SSSR count). The van der Waals surface area contributed by atoms with Crippen molar-refractivity contribution in [2.45, 2.75) is 19.9 Å². The summed E-state index contributed by atoms with van der Waals surface area (Å²) in [6.07, 6.45) is 2.73. The average Bonchev–Trinajstić information content (AvgIpc) is 3.22. The molecule has 24 heavy (non-hydrogen) atoms. The van der Waals surface area contributed by atoms with Gasteiger partial charge in [-0.1, -0.05) is 28.0 Å². The Kier molecular flexibility index (Phi) is 5.10. The van der Waals surface area contributed by atoms with Gasteiger partial charge in [0.25, 0.3) is 5.89 Å². The second-order valence-corrected chi connectivity index (χ2v) is 6.22. The van der Waals surface area contributed by atoms with E-state index in [1.54, 1.807) is 4.57 Å². The third-order valence-electron chi connectivity index (χ3n) is 3.46. The van der Waals surface area contributed by atoms with E-state index in [-0.39, 0.29) is 12.5 Å². The van der Waals surface area contributed by atoms with Crippen LogP contribution >= 0.6 is 15.9 Å². The minimum absolute atomic E-state index is 0.0399. The van der Waals surface area contributed by atoms with Crippen LogP contribution in [0, 0.1) is 0 Å². The number of halogens is 1. The maximum atomic E-state index is 11.9. The van der Waals surface area contributed by atoms with Crippen LogP contribution in [0.2, 0.25) is 0 Å². The number of aromatic nitrogens is 3. The van der Waals surface area contributed by atoms with E-state index < -0.39 is 0 Å². The third kappa shape index (κ3) is 3.73. The molecule has 2 aromatic heterocycles. The number of nitrogens with zero attached hydrogens (tertiary/aromatic N) is 3. The second kappa shape index (κ2) is 7.44. The van der Waals surface area contributed by atoms with Crippen LogP contribution < -0.4 is 5.32 Å². The van der Waals surface area contributed by atoms with Gasteiger partial charge in [-0.25, -0.2) is 0 Å². The summed E-state index contributed by atoms with van der Waals surface area (Å²) in [5.41, 5.74) is 1.59. The number of rotatable bonds is 6. The van der Waals surface area contributed by atoms with Gasteiger partial charge in [0.2, 0.25) is 11.7 Å². The number of amides is 1. The molecule has 0 atom stereocenters. The summed E-state index contributed by atoms with van der Waals surface area (Å²) in [4.78, 5) is 16.3. The van der Waals surface area contributed by atoms with Gasteiger partial charge >= 0.3 is 0 Å². The summed E-state index contributed by atoms with van der Waals surface area (Å²) < 4.78 is 8.16. The molecule has 1 N–H and O–H groups in total. The van der Waals surface area contributed by atoms with Crippen LogP contribution in [-0.4, -0.2) is 27.2 Å². The van der Waals surface area contributed by atoms with Gasteiger partial charge in [-0.3, -0.25) is 4.79 Å². The first-order valence-electron chi connectivity index (χ1n) is 7.69. The van der Waals surface area contributed by atoms with Crippen LogP contribution in [0.25, 0.3) is 23.0 Å². The summed E-state index contributed by atoms with van der Waals surface area (Å²) in [5, 5.41) is 6.88. The molecular formula is C17H17BrN4O2. The zero-order valence-corrected chi connectivity index (χ0v) is 14.8. The molecule has 0 aliphatic carbocycles. The van der Waals surface area contributed by atoms with E-state index in [1.807, 2.05) is 49.5 Å². The van der Waals surface area contributed by atoms with E-state index in [1.165, 1.54) is 0 Å². The Labute approximate surface area is 148 Å². The zero-order valence-electron chi connectivity index (χ0n) is 13.2. The molecule has 0 saturated carbocycles. The van der Waals surface area contributed by atoms with Gasteiger partial charge in [-0.05, 0) is 42.8 Å². The summed E-state index contributed by atoms with van der Waals surface area (Å²) in [7, 11) is 0. The van der Waals surface area contributed by atoms with Crippen LogP contribution in [0.3, 0.4) is 0 Å². The smallest absolute Gasteiger partial charge is 0.274 e. The van der Waals surface area contributed by atoms with Gasteiger partial charge < -0.3 is 14.4 Å². The van der Waals surface area contributed by atoms with E-state index in [9.17, 15) is 4.79 Å². The Balaban J connectivity index is 1.80. The zero-order chi connectivity index (χ0) is 16.9. The van der Waals surface area contributed by atoms with Crippen LogP contribution in [0.1, 0.15) is 13.3 Å². The first kappa shape index (κ1) is 16.4. The lowest BCUT2D eigenvalue weighted by Gasteiger charge is -2.06. The number of benzene rings is 1. The summed E-state index contributed by atoms with van der Waals surface area (Å²) in [6, 6.07) is 11.4. The minimum atomic E-state index is -0.0399. The number of hydrogen-bond donors (Lipinski definition) is 1. The highest BCUT2D eigenvalue weighted by Gasteiger charge is 2.15. The van der Waals surface area contributed by atoms with Gasteiger partial charge in [-0.15, -0.1) is 0 Å². The highest BCUT2D eigenvalue weighted by atomic mass is 79.9. The van der Waals surface area contributed by atoms with Crippen LogP contribution in [-0.2, 0) is 11.3 Å². The molecule has 7 heteroatoms. The first-order chi connectivity index (χ1) is 11.7. The predicted molar refractivity (Wildman–Crippen MR) is 94.2 cm³/mol. The average molecular weight is 389 g/mol. The van der Waals surface area contributed by atoms with Gasteiger partial charge in [0, 0.05) is 22.8 Å². The number of carbonyl (C=O) groups is 1. The fourth-order valence-corrected chi connectivity index (χ4v) is 2.53. The Hall–Kier alpha value is -2.41. The van der Waals surface area contributed by atoms with Crippen molar-refractivity contribution < 1.29 is 9.32 Å². The second-order valence-electron chi connectivity index (χ2n) is 5.30. The van der Waals surface area contributed by atoms with E-state index >= 15 is 0 Å². The first-order valence-corrected chi connectivity index (χ1v) is 8.48. The maximum Gasteiger partial charge on any atom is 0.274 e. The molecule has 6 nitrogen and oxygen atoms in total. The molecule has 0 fully saturated rings. The summed E-state index contributed by atoms with van der Waals surface area (Å²) in [6.45, 7) is 2.91. The van der Waals surface area contributed by atoms with Gasteiger partial charge in [0.15, 0.2) is 0 Å². The topological polar surface area (TPSA) is 73.0 Å². The molecule has 2 heterocycles. The van der Waals surface area contributed by atoms with Crippen LogP contribution in [0.15, 0.2) is 51.6 Å². The molecule has 0 aliphatic heterocycles. The van der Waals surface area contributed by atoms with Crippen molar-refractivity contribution in [1.82, 2.24) is 20.0 Å². The molecule has 1 amide bonds. The van der Waals surface area contributed by atoms with Crippen molar-refractivity contribution in [3.05, 3.63) is 47.1 Å². The quantitative estimate of drug-likeness (QED) is 0.701. The van der Waals surface area contributed by atoms with Crippen LogP contribution in [0.5, 0.6) is 0 Å². The van der Waals surface area contributed by atoms with Crippen molar-refractivity contribution in [3.63, 3.8) is 0 Å². The molecular weight excluding hydrogens is 372 g/mol. The number of carbonyl (C=O) groups excluding carboxylic acids is 1. The summed E-state index contributed by atoms with van der Waals surface area (Å²) in [5.74, 6) is 0.865. The van der Waals surface area contributed by atoms with Crippen molar-refractivity contribution in [3.8, 4) is 23.0 Å². The lowest BCUT2D eigenvalue weighted by molar-refractivity contribution is -0.121. The van der Waals surface area contributed by atoms with Crippen molar-refractivity contribution in [1.29, 1.82) is 0 Å². The van der Waals surface area contributed by atoms with Gasteiger partial charge in [-0.2, -0.15) is 4.98 Å². The van der Waals surface area contributed by atoms with Crippen molar-refractivity contribution in [2.24, 2.45) is 0 Å². The molecule has 0 unspecified atom stereocenters. The maximum absolute atomic E-state index is 11.9. The minimum Gasteiger partial charge on any atom is -0.355 e. The normalized spacial score (nSPS) is 10.8. The highest BCUT2D eigenvalue weighted by molar-refractivity contribution is 9.10. The molecule has 124 valence electrons. The number of hydrogen-bond acceptors (Lipinski definition) is 4. The van der Waals surface area contributed by atoms with Crippen molar-refractivity contribution in [2.75, 3.05) is 6.54 Å². The lowest BCUT2D eigenvalue weighted by Crippen LogP contribution is -2.28. The van der Waals surface area contributed by atoms with Crippen LogP contribution in [0.4, 0.5) is 0 Å². The predicted octanol–water partition coefficient (Wildman–Crippen LogP) is 3.49. The standard InChI is InChI=1S/C17H17BrN4O2/c1-2-9-19-15(23)11-22-10-3-4-14(22)17-20-16(21-24-17)12-5-7-13(18)8-6-12/h3-8,10H,2,9,11H2,1H3,(H,19,23). The van der Waals surface area contributed by atoms with Gasteiger partial charge in [0.1, 0.15) is 12.2 Å².